The second-order valence-corrected chi connectivity index (χ2v) is 6.09. The molecule has 0 bridgehead atoms. The van der Waals surface area contributed by atoms with Gasteiger partial charge in [0.15, 0.2) is 0 Å². The van der Waals surface area contributed by atoms with Crippen molar-refractivity contribution in [1.29, 1.82) is 0 Å². The molecule has 1 saturated carbocycles. The molecule has 1 unspecified atom stereocenters. The van der Waals surface area contributed by atoms with E-state index in [1.165, 1.54) is 24.8 Å². The molecule has 0 aromatic heterocycles. The average molecular weight is 290 g/mol. The molecule has 0 saturated heterocycles. The zero-order chi connectivity index (χ0) is 14.7. The average Bonchev–Trinajstić information content (AvgIpc) is 2.98. The summed E-state index contributed by atoms with van der Waals surface area (Å²) in [4.78, 5) is 0. The molecular formula is C17H26N2O2. The Kier molecular flexibility index (Phi) is 4.48. The first-order chi connectivity index (χ1) is 10.3. The molecule has 1 aromatic carbocycles. The molecule has 4 heteroatoms. The Balaban J connectivity index is 1.98. The van der Waals surface area contributed by atoms with Gasteiger partial charge in [-0.2, -0.15) is 0 Å². The van der Waals surface area contributed by atoms with Crippen molar-refractivity contribution >= 4 is 0 Å². The highest BCUT2D eigenvalue weighted by molar-refractivity contribution is 5.46. The van der Waals surface area contributed by atoms with Crippen LogP contribution in [0.4, 0.5) is 0 Å². The molecule has 21 heavy (non-hydrogen) atoms. The van der Waals surface area contributed by atoms with E-state index in [0.717, 1.165) is 37.2 Å². The molecule has 0 radical (unpaired) electrons. The summed E-state index contributed by atoms with van der Waals surface area (Å²) in [5.74, 6) is 6.98. The maximum absolute atomic E-state index is 6.24. The van der Waals surface area contributed by atoms with E-state index >= 15 is 0 Å². The van der Waals surface area contributed by atoms with Crippen LogP contribution in [0.25, 0.3) is 0 Å². The van der Waals surface area contributed by atoms with E-state index in [0.29, 0.717) is 6.61 Å². The number of ether oxygens (including phenoxy) is 2. The fraction of sp³-hybridized carbons (Fsp3) is 0.647. The molecule has 1 aliphatic carbocycles. The van der Waals surface area contributed by atoms with Crippen molar-refractivity contribution in [2.24, 2.45) is 5.84 Å². The van der Waals surface area contributed by atoms with Gasteiger partial charge in [-0.25, -0.2) is 5.43 Å². The zero-order valence-corrected chi connectivity index (χ0v) is 12.9. The Labute approximate surface area is 127 Å². The van der Waals surface area contributed by atoms with E-state index in [4.69, 9.17) is 15.3 Å². The summed E-state index contributed by atoms with van der Waals surface area (Å²) >= 11 is 0. The van der Waals surface area contributed by atoms with E-state index in [2.05, 4.69) is 30.5 Å². The number of benzene rings is 1. The second-order valence-electron chi connectivity index (χ2n) is 6.09. The van der Waals surface area contributed by atoms with Gasteiger partial charge in [0, 0.05) is 18.6 Å². The molecule has 0 amide bonds. The van der Waals surface area contributed by atoms with Crippen LogP contribution in [0.3, 0.4) is 0 Å². The van der Waals surface area contributed by atoms with Crippen molar-refractivity contribution < 1.29 is 9.47 Å². The van der Waals surface area contributed by atoms with E-state index in [9.17, 15) is 0 Å². The van der Waals surface area contributed by atoms with E-state index in [1.54, 1.807) is 0 Å². The van der Waals surface area contributed by atoms with Crippen molar-refractivity contribution in [3.63, 3.8) is 0 Å². The van der Waals surface area contributed by atoms with Crippen molar-refractivity contribution in [2.75, 3.05) is 13.2 Å². The smallest absolute Gasteiger partial charge is 0.127 e. The summed E-state index contributed by atoms with van der Waals surface area (Å²) < 4.78 is 12.1. The van der Waals surface area contributed by atoms with Gasteiger partial charge >= 0.3 is 0 Å². The maximum atomic E-state index is 6.24. The molecule has 1 atom stereocenters. The Morgan fingerprint density at radius 2 is 2.14 bits per heavy atom. The third-order valence-electron chi connectivity index (χ3n) is 4.88. The molecule has 3 rings (SSSR count). The highest BCUT2D eigenvalue weighted by atomic mass is 16.5. The molecule has 0 spiro atoms. The van der Waals surface area contributed by atoms with E-state index in [1.807, 2.05) is 0 Å². The summed E-state index contributed by atoms with van der Waals surface area (Å²) in [7, 11) is 0. The predicted molar refractivity (Wildman–Crippen MR) is 83.1 cm³/mol. The maximum Gasteiger partial charge on any atom is 0.127 e. The lowest BCUT2D eigenvalue weighted by Crippen LogP contribution is -2.49. The third kappa shape index (κ3) is 2.68. The minimum absolute atomic E-state index is 0.00852. The number of rotatable bonds is 5. The van der Waals surface area contributed by atoms with E-state index < -0.39 is 0 Å². The van der Waals surface area contributed by atoms with Gasteiger partial charge in [0.05, 0.1) is 18.2 Å². The standard InChI is InChI=1S/C17H26N2O2/c1-2-21-17(10-4-3-5-11-17)16(19-18)14-8-6-7-13-9-12-20-15(13)14/h6-8,16,19H,2-5,9-12,18H2,1H3. The lowest BCUT2D eigenvalue weighted by molar-refractivity contribution is -0.0917. The minimum Gasteiger partial charge on any atom is -0.493 e. The Bertz CT molecular complexity index is 478. The summed E-state index contributed by atoms with van der Waals surface area (Å²) in [5, 5.41) is 0. The molecule has 1 aromatic rings. The molecule has 1 heterocycles. The first-order valence-electron chi connectivity index (χ1n) is 8.15. The lowest BCUT2D eigenvalue weighted by atomic mass is 9.76. The van der Waals surface area contributed by atoms with Crippen LogP contribution in [0.15, 0.2) is 18.2 Å². The van der Waals surface area contributed by atoms with Gasteiger partial charge in [-0.1, -0.05) is 37.5 Å². The highest BCUT2D eigenvalue weighted by Crippen LogP contribution is 2.45. The summed E-state index contributed by atoms with van der Waals surface area (Å²) in [6, 6.07) is 6.37. The van der Waals surface area contributed by atoms with Crippen LogP contribution in [0.2, 0.25) is 0 Å². The van der Waals surface area contributed by atoms with Crippen LogP contribution in [-0.2, 0) is 11.2 Å². The van der Waals surface area contributed by atoms with Crippen LogP contribution in [0.5, 0.6) is 5.75 Å². The molecule has 1 fully saturated rings. The van der Waals surface area contributed by atoms with Gasteiger partial charge in [0.2, 0.25) is 0 Å². The largest absolute Gasteiger partial charge is 0.493 e. The number of hydrogen-bond donors (Lipinski definition) is 2. The Morgan fingerprint density at radius 1 is 1.33 bits per heavy atom. The normalized spacial score (nSPS) is 21.6. The zero-order valence-electron chi connectivity index (χ0n) is 12.9. The molecule has 2 aliphatic rings. The van der Waals surface area contributed by atoms with Gasteiger partial charge in [-0.3, -0.25) is 5.84 Å². The quantitative estimate of drug-likeness (QED) is 0.647. The third-order valence-corrected chi connectivity index (χ3v) is 4.88. The van der Waals surface area contributed by atoms with E-state index in [-0.39, 0.29) is 11.6 Å². The number of fused-ring (bicyclic) bond motifs is 1. The number of hydrogen-bond acceptors (Lipinski definition) is 4. The fourth-order valence-corrected chi connectivity index (χ4v) is 3.95. The Hall–Kier alpha value is -1.10. The number of hydrazine groups is 1. The second kappa shape index (κ2) is 6.34. The number of para-hydroxylation sites is 1. The van der Waals surface area contributed by atoms with Gasteiger partial charge in [0.1, 0.15) is 5.75 Å². The monoisotopic (exact) mass is 290 g/mol. The van der Waals surface area contributed by atoms with Gasteiger partial charge < -0.3 is 9.47 Å². The number of nitrogens with two attached hydrogens (primary N) is 1. The summed E-state index contributed by atoms with van der Waals surface area (Å²) in [6.07, 6.45) is 6.79. The molecule has 116 valence electrons. The lowest BCUT2D eigenvalue weighted by Gasteiger charge is -2.43. The number of nitrogens with one attached hydrogen (secondary N) is 1. The predicted octanol–water partition coefficient (Wildman–Crippen LogP) is 2.87. The molecule has 1 aliphatic heterocycles. The SMILES string of the molecule is CCOC1(C(NN)c2cccc3c2OCC3)CCCCC1. The Morgan fingerprint density at radius 3 is 2.86 bits per heavy atom. The van der Waals surface area contributed by atoms with Crippen molar-refractivity contribution in [3.8, 4) is 5.75 Å². The fourth-order valence-electron chi connectivity index (χ4n) is 3.95. The van der Waals surface area contributed by atoms with Crippen molar-refractivity contribution in [1.82, 2.24) is 5.43 Å². The van der Waals surface area contributed by atoms with Gasteiger partial charge in [-0.15, -0.1) is 0 Å². The van der Waals surface area contributed by atoms with Gasteiger partial charge in [0.25, 0.3) is 0 Å². The van der Waals surface area contributed by atoms with Gasteiger partial charge in [-0.05, 0) is 25.3 Å². The topological polar surface area (TPSA) is 56.5 Å². The first kappa shape index (κ1) is 14.8. The van der Waals surface area contributed by atoms with Crippen LogP contribution in [-0.4, -0.2) is 18.8 Å². The molecule has 4 nitrogen and oxygen atoms in total. The molecular weight excluding hydrogens is 264 g/mol. The summed E-state index contributed by atoms with van der Waals surface area (Å²) in [6.45, 7) is 3.55. The van der Waals surface area contributed by atoms with Crippen molar-refractivity contribution in [2.45, 2.75) is 57.1 Å². The van der Waals surface area contributed by atoms with Crippen LogP contribution < -0.4 is 16.0 Å². The van der Waals surface area contributed by atoms with Crippen molar-refractivity contribution in [3.05, 3.63) is 29.3 Å². The van der Waals surface area contributed by atoms with Crippen LogP contribution >= 0.6 is 0 Å². The van der Waals surface area contributed by atoms with Crippen LogP contribution in [0, 0.1) is 0 Å². The minimum atomic E-state index is -0.206. The van der Waals surface area contributed by atoms with Crippen LogP contribution in [0.1, 0.15) is 56.2 Å². The molecule has 3 N–H and O–H groups in total. The highest BCUT2D eigenvalue weighted by Gasteiger charge is 2.42. The summed E-state index contributed by atoms with van der Waals surface area (Å²) in [5.41, 5.74) is 5.28. The first-order valence-corrected chi connectivity index (χ1v) is 8.15.